The van der Waals surface area contributed by atoms with Crippen LogP contribution in [0.25, 0.3) is 88.3 Å². The Balaban J connectivity index is 1.13. The third-order valence-corrected chi connectivity index (χ3v) is 11.7. The molecule has 11 aromatic rings. The first-order chi connectivity index (χ1) is 29.8. The van der Waals surface area contributed by atoms with Gasteiger partial charge in [0.05, 0.1) is 11.4 Å². The van der Waals surface area contributed by atoms with Crippen molar-refractivity contribution in [1.82, 2.24) is 0 Å². The minimum atomic E-state index is 0.892. The highest BCUT2D eigenvalue weighted by Gasteiger charge is 2.22. The van der Waals surface area contributed by atoms with E-state index in [1.54, 1.807) is 0 Å². The molecular weight excluding hydrogens is 727 g/mol. The Morgan fingerprint density at radius 2 is 0.783 bits per heavy atom. The fraction of sp³-hybridized carbons (Fsp3) is 0. The number of anilines is 3. The van der Waals surface area contributed by atoms with E-state index >= 15 is 0 Å². The predicted molar refractivity (Wildman–Crippen MR) is 253 cm³/mol. The molecule has 0 radical (unpaired) electrons. The van der Waals surface area contributed by atoms with Gasteiger partial charge in [-0.3, -0.25) is 0 Å². The molecule has 2 nitrogen and oxygen atoms in total. The SMILES string of the molecule is c1ccc(-c2ccc(-c3ccccc3N(c3cccc(-c4ccc5oc6ccccc6c5c4)c3)c3ccccc3-c3cccc4cccc(-c5ccccc5)c34)cc2)cc1. The molecule has 0 spiro atoms. The molecule has 0 fully saturated rings. The summed E-state index contributed by atoms with van der Waals surface area (Å²) in [5, 5.41) is 4.68. The topological polar surface area (TPSA) is 16.4 Å². The van der Waals surface area contributed by atoms with Gasteiger partial charge in [0, 0.05) is 27.6 Å². The summed E-state index contributed by atoms with van der Waals surface area (Å²) < 4.78 is 6.22. The molecule has 1 aromatic heterocycles. The van der Waals surface area contributed by atoms with E-state index in [0.717, 1.165) is 66.8 Å². The highest BCUT2D eigenvalue weighted by molar-refractivity contribution is 6.09. The third-order valence-electron chi connectivity index (χ3n) is 11.7. The lowest BCUT2D eigenvalue weighted by Gasteiger charge is -2.30. The van der Waals surface area contributed by atoms with Gasteiger partial charge in [-0.1, -0.05) is 194 Å². The number of fused-ring (bicyclic) bond motifs is 4. The van der Waals surface area contributed by atoms with Crippen molar-refractivity contribution < 1.29 is 4.42 Å². The van der Waals surface area contributed by atoms with E-state index in [-0.39, 0.29) is 0 Å². The van der Waals surface area contributed by atoms with Crippen molar-refractivity contribution in [3.05, 3.63) is 237 Å². The van der Waals surface area contributed by atoms with E-state index < -0.39 is 0 Å². The first-order valence-corrected chi connectivity index (χ1v) is 20.5. The monoisotopic (exact) mass is 765 g/mol. The van der Waals surface area contributed by atoms with Crippen LogP contribution in [0.5, 0.6) is 0 Å². The highest BCUT2D eigenvalue weighted by atomic mass is 16.3. The Hall–Kier alpha value is -7.94. The zero-order valence-corrected chi connectivity index (χ0v) is 32.9. The van der Waals surface area contributed by atoms with Crippen molar-refractivity contribution in [2.24, 2.45) is 0 Å². The molecule has 0 unspecified atom stereocenters. The molecule has 0 N–H and O–H groups in total. The molecule has 0 aliphatic rings. The largest absolute Gasteiger partial charge is 0.456 e. The van der Waals surface area contributed by atoms with Gasteiger partial charge in [0.15, 0.2) is 0 Å². The normalized spacial score (nSPS) is 11.3. The Bertz CT molecular complexity index is 3300. The minimum Gasteiger partial charge on any atom is -0.456 e. The zero-order chi connectivity index (χ0) is 39.8. The highest BCUT2D eigenvalue weighted by Crippen LogP contribution is 2.48. The molecule has 0 atom stereocenters. The van der Waals surface area contributed by atoms with Crippen molar-refractivity contribution in [2.45, 2.75) is 0 Å². The smallest absolute Gasteiger partial charge is 0.135 e. The summed E-state index contributed by atoms with van der Waals surface area (Å²) in [5.41, 5.74) is 16.7. The van der Waals surface area contributed by atoms with Crippen molar-refractivity contribution >= 4 is 49.8 Å². The average molecular weight is 766 g/mol. The van der Waals surface area contributed by atoms with Crippen LogP contribution in [-0.4, -0.2) is 0 Å². The molecule has 0 bridgehead atoms. The van der Waals surface area contributed by atoms with E-state index in [0.29, 0.717) is 0 Å². The second-order valence-corrected chi connectivity index (χ2v) is 15.2. The van der Waals surface area contributed by atoms with Crippen LogP contribution in [0.3, 0.4) is 0 Å². The number of para-hydroxylation sites is 3. The summed E-state index contributed by atoms with van der Waals surface area (Å²) in [6, 6.07) is 85.1. The standard InChI is InChI=1S/C58H39NO/c1-3-16-40(17-4-1)41-32-34-43(35-33-41)48-24-7-10-29-54(48)59(47-23-13-22-45(38-47)46-36-37-57-53(39-46)51-26-9-12-31-56(51)60-57)55-30-11-8-25-50(55)52-28-15-21-44-20-14-27-49(58(44)52)42-18-5-2-6-19-42/h1-39H. The van der Waals surface area contributed by atoms with Crippen LogP contribution in [0, 0.1) is 0 Å². The fourth-order valence-electron chi connectivity index (χ4n) is 8.84. The minimum absolute atomic E-state index is 0.892. The van der Waals surface area contributed by atoms with Crippen molar-refractivity contribution in [2.75, 3.05) is 4.90 Å². The molecule has 0 aliphatic heterocycles. The molecule has 0 saturated heterocycles. The second-order valence-electron chi connectivity index (χ2n) is 15.2. The molecule has 10 aromatic carbocycles. The summed E-state index contributed by atoms with van der Waals surface area (Å²) in [5.74, 6) is 0. The molecule has 0 amide bonds. The Labute approximate surface area is 349 Å². The van der Waals surface area contributed by atoms with Gasteiger partial charge in [-0.2, -0.15) is 0 Å². The lowest BCUT2D eigenvalue weighted by atomic mass is 9.90. The predicted octanol–water partition coefficient (Wildman–Crippen LogP) is 16.5. The Kier molecular flexibility index (Phi) is 8.87. The summed E-state index contributed by atoms with van der Waals surface area (Å²) in [4.78, 5) is 2.45. The molecular formula is C58H39NO. The van der Waals surface area contributed by atoms with Crippen molar-refractivity contribution in [1.29, 1.82) is 0 Å². The molecule has 60 heavy (non-hydrogen) atoms. The van der Waals surface area contributed by atoms with Crippen molar-refractivity contribution in [3.8, 4) is 55.6 Å². The van der Waals surface area contributed by atoms with Crippen LogP contribution in [0.1, 0.15) is 0 Å². The van der Waals surface area contributed by atoms with Gasteiger partial charge in [-0.05, 0) is 97.7 Å². The summed E-state index contributed by atoms with van der Waals surface area (Å²) in [6.07, 6.45) is 0. The Morgan fingerprint density at radius 1 is 0.283 bits per heavy atom. The zero-order valence-electron chi connectivity index (χ0n) is 32.9. The quantitative estimate of drug-likeness (QED) is 0.153. The van der Waals surface area contributed by atoms with Crippen LogP contribution in [0.2, 0.25) is 0 Å². The maximum absolute atomic E-state index is 6.22. The molecule has 0 saturated carbocycles. The number of hydrogen-bond acceptors (Lipinski definition) is 2. The molecule has 1 heterocycles. The van der Waals surface area contributed by atoms with E-state index in [9.17, 15) is 0 Å². The van der Waals surface area contributed by atoms with E-state index in [4.69, 9.17) is 4.42 Å². The van der Waals surface area contributed by atoms with Gasteiger partial charge in [-0.25, -0.2) is 0 Å². The summed E-state index contributed by atoms with van der Waals surface area (Å²) in [7, 11) is 0. The maximum atomic E-state index is 6.22. The first-order valence-electron chi connectivity index (χ1n) is 20.5. The van der Waals surface area contributed by atoms with Crippen LogP contribution in [-0.2, 0) is 0 Å². The number of nitrogens with zero attached hydrogens (tertiary/aromatic N) is 1. The average Bonchev–Trinajstić information content (AvgIpc) is 3.70. The van der Waals surface area contributed by atoms with Crippen molar-refractivity contribution in [3.63, 3.8) is 0 Å². The van der Waals surface area contributed by atoms with Gasteiger partial charge < -0.3 is 9.32 Å². The van der Waals surface area contributed by atoms with E-state index in [2.05, 4.69) is 229 Å². The lowest BCUT2D eigenvalue weighted by Crippen LogP contribution is -2.12. The number of hydrogen-bond donors (Lipinski definition) is 0. The maximum Gasteiger partial charge on any atom is 0.135 e. The number of rotatable bonds is 8. The first kappa shape index (κ1) is 35.2. The van der Waals surface area contributed by atoms with Gasteiger partial charge in [-0.15, -0.1) is 0 Å². The molecule has 11 rings (SSSR count). The number of benzene rings is 10. The van der Waals surface area contributed by atoms with E-state index in [1.807, 2.05) is 12.1 Å². The van der Waals surface area contributed by atoms with Crippen LogP contribution in [0.15, 0.2) is 241 Å². The summed E-state index contributed by atoms with van der Waals surface area (Å²) in [6.45, 7) is 0. The fourth-order valence-corrected chi connectivity index (χ4v) is 8.84. The summed E-state index contributed by atoms with van der Waals surface area (Å²) >= 11 is 0. The lowest BCUT2D eigenvalue weighted by molar-refractivity contribution is 0.669. The van der Waals surface area contributed by atoms with Crippen LogP contribution >= 0.6 is 0 Å². The number of furan rings is 1. The van der Waals surface area contributed by atoms with Gasteiger partial charge in [0.25, 0.3) is 0 Å². The van der Waals surface area contributed by atoms with Crippen LogP contribution < -0.4 is 4.90 Å². The van der Waals surface area contributed by atoms with Gasteiger partial charge in [0.1, 0.15) is 11.2 Å². The van der Waals surface area contributed by atoms with E-state index in [1.165, 1.54) is 38.6 Å². The van der Waals surface area contributed by atoms with Gasteiger partial charge >= 0.3 is 0 Å². The van der Waals surface area contributed by atoms with Crippen LogP contribution in [0.4, 0.5) is 17.1 Å². The third kappa shape index (κ3) is 6.32. The second kappa shape index (κ2) is 15.1. The Morgan fingerprint density at radius 3 is 1.57 bits per heavy atom. The molecule has 2 heteroatoms. The molecule has 282 valence electrons. The molecule has 0 aliphatic carbocycles. The van der Waals surface area contributed by atoms with Gasteiger partial charge in [0.2, 0.25) is 0 Å².